The number of sulfone groups is 1. The number of nitro groups is 1. The summed E-state index contributed by atoms with van der Waals surface area (Å²) in [5, 5.41) is 11.6. The molecule has 0 aromatic heterocycles. The van der Waals surface area contributed by atoms with E-state index < -0.39 is 14.8 Å². The largest absolute Gasteiger partial charge is 0.362 e. The Morgan fingerprint density at radius 3 is 2.06 bits per heavy atom. The molecule has 5 aliphatic rings. The molecule has 1 aliphatic heterocycles. The minimum atomic E-state index is -3.52. The van der Waals surface area contributed by atoms with Gasteiger partial charge in [-0.05, 0) is 68.4 Å². The fourth-order valence-electron chi connectivity index (χ4n) is 7.01. The molecule has 6 rings (SSSR count). The van der Waals surface area contributed by atoms with Gasteiger partial charge in [0.15, 0.2) is 9.84 Å². The highest BCUT2D eigenvalue weighted by Crippen LogP contribution is 2.60. The Morgan fingerprint density at radius 1 is 1.03 bits per heavy atom. The summed E-state index contributed by atoms with van der Waals surface area (Å²) in [4.78, 5) is 28.4. The highest BCUT2D eigenvalue weighted by molar-refractivity contribution is 7.90. The molecule has 0 atom stereocenters. The summed E-state index contributed by atoms with van der Waals surface area (Å²) in [6.45, 7) is 2.12. The van der Waals surface area contributed by atoms with Crippen molar-refractivity contribution in [2.75, 3.05) is 37.3 Å². The van der Waals surface area contributed by atoms with Crippen LogP contribution in [0.4, 0.5) is 11.4 Å². The van der Waals surface area contributed by atoms with Crippen molar-refractivity contribution in [1.29, 1.82) is 0 Å². The van der Waals surface area contributed by atoms with E-state index in [4.69, 9.17) is 0 Å². The molecule has 1 amide bonds. The number of nitro benzene ring substituents is 1. The summed E-state index contributed by atoms with van der Waals surface area (Å²) in [6.07, 6.45) is 8.05. The summed E-state index contributed by atoms with van der Waals surface area (Å²) >= 11 is 0. The van der Waals surface area contributed by atoms with Crippen LogP contribution in [-0.2, 0) is 14.6 Å². The number of carbonyl (C=O) groups is 1. The lowest BCUT2D eigenvalue weighted by atomic mass is 9.49. The molecule has 4 aliphatic carbocycles. The van der Waals surface area contributed by atoms with Gasteiger partial charge in [-0.3, -0.25) is 14.9 Å². The number of anilines is 1. The van der Waals surface area contributed by atoms with E-state index >= 15 is 0 Å². The Labute approximate surface area is 182 Å². The molecule has 31 heavy (non-hydrogen) atoms. The van der Waals surface area contributed by atoms with E-state index in [2.05, 4.69) is 0 Å². The highest BCUT2D eigenvalue weighted by atomic mass is 32.2. The Bertz CT molecular complexity index is 994. The number of carbonyl (C=O) groups excluding carboxylic acids is 1. The Morgan fingerprint density at radius 2 is 1.58 bits per heavy atom. The normalized spacial score (nSPS) is 32.4. The van der Waals surface area contributed by atoms with Gasteiger partial charge in [0, 0.05) is 38.5 Å². The summed E-state index contributed by atoms with van der Waals surface area (Å²) in [5.41, 5.74) is 0.0446. The van der Waals surface area contributed by atoms with Crippen LogP contribution >= 0.6 is 0 Å². The average Bonchev–Trinajstić information content (AvgIpc) is 2.71. The lowest BCUT2D eigenvalue weighted by Crippen LogP contribution is -2.58. The fourth-order valence-corrected chi connectivity index (χ4v) is 7.65. The summed E-state index contributed by atoms with van der Waals surface area (Å²) in [7, 11) is -3.52. The van der Waals surface area contributed by atoms with E-state index in [-0.39, 0.29) is 16.0 Å². The molecule has 1 saturated heterocycles. The van der Waals surface area contributed by atoms with Crippen LogP contribution in [0.25, 0.3) is 0 Å². The van der Waals surface area contributed by atoms with Crippen LogP contribution in [0.15, 0.2) is 23.1 Å². The van der Waals surface area contributed by atoms with Gasteiger partial charge in [0.05, 0.1) is 15.2 Å². The molecule has 5 fully saturated rings. The van der Waals surface area contributed by atoms with Gasteiger partial charge < -0.3 is 9.80 Å². The highest BCUT2D eigenvalue weighted by Gasteiger charge is 2.55. The molecule has 0 unspecified atom stereocenters. The third-order valence-electron chi connectivity index (χ3n) is 7.97. The second-order valence-electron chi connectivity index (χ2n) is 10.2. The van der Waals surface area contributed by atoms with E-state index in [1.165, 1.54) is 31.4 Å². The molecule has 168 valence electrons. The van der Waals surface area contributed by atoms with E-state index in [1.807, 2.05) is 9.80 Å². The van der Waals surface area contributed by atoms with Crippen molar-refractivity contribution < 1.29 is 18.1 Å². The number of rotatable bonds is 4. The zero-order valence-electron chi connectivity index (χ0n) is 17.8. The van der Waals surface area contributed by atoms with Crippen LogP contribution in [0.3, 0.4) is 0 Å². The fraction of sp³-hybridized carbons (Fsp3) is 0.682. The molecular formula is C22H29N3O5S. The van der Waals surface area contributed by atoms with E-state index in [0.29, 0.717) is 55.5 Å². The first kappa shape index (κ1) is 20.7. The van der Waals surface area contributed by atoms with Crippen molar-refractivity contribution >= 4 is 27.1 Å². The molecule has 4 bridgehead atoms. The van der Waals surface area contributed by atoms with Gasteiger partial charge >= 0.3 is 0 Å². The zero-order valence-corrected chi connectivity index (χ0v) is 18.6. The first-order valence-electron chi connectivity index (χ1n) is 11.2. The zero-order chi connectivity index (χ0) is 22.0. The number of piperazine rings is 1. The minimum absolute atomic E-state index is 0.0569. The number of hydrogen-bond acceptors (Lipinski definition) is 6. The standard InChI is InChI=1S/C22H29N3O5S/c1-31(29,30)18-2-3-19(20(11-18)25(27)28)23-4-6-24(7-5-23)21(26)22-12-15-8-16(13-22)10-17(9-15)14-22/h2-3,11,15-17H,4-10,12-14H2,1H3. The number of nitrogens with zero attached hydrogens (tertiary/aromatic N) is 3. The predicted octanol–water partition coefficient (Wildman–Crippen LogP) is 2.86. The third-order valence-corrected chi connectivity index (χ3v) is 9.08. The number of hydrogen-bond donors (Lipinski definition) is 0. The van der Waals surface area contributed by atoms with Gasteiger partial charge in [0.1, 0.15) is 5.69 Å². The van der Waals surface area contributed by atoms with Gasteiger partial charge in [-0.25, -0.2) is 8.42 Å². The van der Waals surface area contributed by atoms with Crippen LogP contribution in [0.5, 0.6) is 0 Å². The molecule has 1 heterocycles. The van der Waals surface area contributed by atoms with Crippen molar-refractivity contribution in [3.63, 3.8) is 0 Å². The van der Waals surface area contributed by atoms with Crippen molar-refractivity contribution in [3.05, 3.63) is 28.3 Å². The lowest BCUT2D eigenvalue weighted by Gasteiger charge is -2.57. The molecule has 9 heteroatoms. The minimum Gasteiger partial charge on any atom is -0.362 e. The van der Waals surface area contributed by atoms with Crippen LogP contribution in [0.2, 0.25) is 0 Å². The Kier molecular flexibility index (Phi) is 4.80. The van der Waals surface area contributed by atoms with Crippen LogP contribution in [0.1, 0.15) is 38.5 Å². The van der Waals surface area contributed by atoms with E-state index in [0.717, 1.165) is 31.6 Å². The van der Waals surface area contributed by atoms with E-state index in [9.17, 15) is 23.3 Å². The number of benzene rings is 1. The van der Waals surface area contributed by atoms with Crippen molar-refractivity contribution in [1.82, 2.24) is 4.90 Å². The molecule has 4 saturated carbocycles. The quantitative estimate of drug-likeness (QED) is 0.520. The van der Waals surface area contributed by atoms with Crippen LogP contribution in [0, 0.1) is 33.3 Å². The maximum Gasteiger partial charge on any atom is 0.293 e. The second-order valence-corrected chi connectivity index (χ2v) is 12.2. The summed E-state index contributed by atoms with van der Waals surface area (Å²) in [5.74, 6) is 2.45. The first-order chi connectivity index (χ1) is 14.6. The van der Waals surface area contributed by atoms with Gasteiger partial charge in [-0.1, -0.05) is 0 Å². The predicted molar refractivity (Wildman–Crippen MR) is 116 cm³/mol. The first-order valence-corrected chi connectivity index (χ1v) is 13.1. The SMILES string of the molecule is CS(=O)(=O)c1ccc(N2CCN(C(=O)C34CC5CC(CC(C5)C3)C4)CC2)c([N+](=O)[O-])c1. The van der Waals surface area contributed by atoms with Gasteiger partial charge in [0.25, 0.3) is 5.69 Å². The monoisotopic (exact) mass is 447 g/mol. The Balaban J connectivity index is 1.31. The van der Waals surface area contributed by atoms with Gasteiger partial charge in [-0.2, -0.15) is 0 Å². The topological polar surface area (TPSA) is 101 Å². The third kappa shape index (κ3) is 3.60. The van der Waals surface area contributed by atoms with Crippen molar-refractivity contribution in [2.45, 2.75) is 43.4 Å². The van der Waals surface area contributed by atoms with Gasteiger partial charge in [-0.15, -0.1) is 0 Å². The average molecular weight is 448 g/mol. The second kappa shape index (κ2) is 7.18. The maximum absolute atomic E-state index is 13.6. The van der Waals surface area contributed by atoms with E-state index in [1.54, 1.807) is 0 Å². The molecule has 0 N–H and O–H groups in total. The van der Waals surface area contributed by atoms with Crippen molar-refractivity contribution in [3.8, 4) is 0 Å². The molecule has 0 spiro atoms. The summed E-state index contributed by atoms with van der Waals surface area (Å²) < 4.78 is 23.6. The lowest BCUT2D eigenvalue weighted by molar-refractivity contribution is -0.384. The number of amides is 1. The van der Waals surface area contributed by atoms with Crippen LogP contribution < -0.4 is 4.90 Å². The molecule has 0 radical (unpaired) electrons. The molecule has 1 aromatic rings. The van der Waals surface area contributed by atoms with Crippen molar-refractivity contribution in [2.24, 2.45) is 23.2 Å². The Hall–Kier alpha value is -2.16. The van der Waals surface area contributed by atoms with Gasteiger partial charge in [0.2, 0.25) is 5.91 Å². The molecule has 1 aromatic carbocycles. The molecular weight excluding hydrogens is 418 g/mol. The maximum atomic E-state index is 13.6. The smallest absolute Gasteiger partial charge is 0.293 e. The van der Waals surface area contributed by atoms with Crippen LogP contribution in [-0.4, -0.2) is 56.6 Å². The molecule has 8 nitrogen and oxygen atoms in total. The summed E-state index contributed by atoms with van der Waals surface area (Å²) in [6, 6.07) is 4.08.